The summed E-state index contributed by atoms with van der Waals surface area (Å²) < 4.78 is 31.7. The summed E-state index contributed by atoms with van der Waals surface area (Å²) in [5.41, 5.74) is 0.672. The second-order valence-electron chi connectivity index (χ2n) is 3.88. The largest absolute Gasteiger partial charge is 0.497 e. The van der Waals surface area contributed by atoms with Gasteiger partial charge in [0.1, 0.15) is 5.75 Å². The van der Waals surface area contributed by atoms with Crippen molar-refractivity contribution in [2.75, 3.05) is 26.7 Å². The van der Waals surface area contributed by atoms with E-state index in [9.17, 15) is 8.42 Å². The standard InChI is InChI=1S/C12H20N2O3S/c1-4-13-7-8-14-18(15,16)12-6-5-11(17-3)9-10(12)2/h5-6,9,13-14H,4,7-8H2,1-3H3. The van der Waals surface area contributed by atoms with E-state index in [-0.39, 0.29) is 0 Å². The topological polar surface area (TPSA) is 67.4 Å². The molecule has 1 rings (SSSR count). The van der Waals surface area contributed by atoms with E-state index >= 15 is 0 Å². The molecule has 0 bridgehead atoms. The number of methoxy groups -OCH3 is 1. The van der Waals surface area contributed by atoms with Gasteiger partial charge in [0.05, 0.1) is 12.0 Å². The van der Waals surface area contributed by atoms with Gasteiger partial charge >= 0.3 is 0 Å². The van der Waals surface area contributed by atoms with Gasteiger partial charge in [0.25, 0.3) is 0 Å². The first kappa shape index (κ1) is 14.9. The second kappa shape index (κ2) is 6.72. The molecule has 2 N–H and O–H groups in total. The normalized spacial score (nSPS) is 11.5. The lowest BCUT2D eigenvalue weighted by atomic mass is 10.2. The number of rotatable bonds is 7. The van der Waals surface area contributed by atoms with Gasteiger partial charge in [-0.05, 0) is 37.2 Å². The maximum absolute atomic E-state index is 12.0. The van der Waals surface area contributed by atoms with Crippen LogP contribution in [-0.2, 0) is 10.0 Å². The highest BCUT2D eigenvalue weighted by Gasteiger charge is 2.16. The average molecular weight is 272 g/mol. The Balaban J connectivity index is 2.78. The molecule has 1 aromatic carbocycles. The van der Waals surface area contributed by atoms with Gasteiger partial charge in [0, 0.05) is 13.1 Å². The number of sulfonamides is 1. The lowest BCUT2D eigenvalue weighted by Crippen LogP contribution is -2.32. The molecular weight excluding hydrogens is 252 g/mol. The Morgan fingerprint density at radius 3 is 2.56 bits per heavy atom. The van der Waals surface area contributed by atoms with E-state index in [0.29, 0.717) is 29.3 Å². The average Bonchev–Trinajstić information content (AvgIpc) is 2.34. The second-order valence-corrected chi connectivity index (χ2v) is 5.62. The lowest BCUT2D eigenvalue weighted by Gasteiger charge is -2.10. The minimum atomic E-state index is -3.44. The number of hydrogen-bond donors (Lipinski definition) is 2. The van der Waals surface area contributed by atoms with Crippen molar-refractivity contribution in [3.8, 4) is 5.75 Å². The van der Waals surface area contributed by atoms with Crippen LogP contribution in [0, 0.1) is 6.92 Å². The maximum atomic E-state index is 12.0. The SMILES string of the molecule is CCNCCNS(=O)(=O)c1ccc(OC)cc1C. The Bertz CT molecular complexity index is 486. The number of hydrogen-bond acceptors (Lipinski definition) is 4. The van der Waals surface area contributed by atoms with Crippen LogP contribution in [0.4, 0.5) is 0 Å². The molecule has 0 atom stereocenters. The van der Waals surface area contributed by atoms with Crippen molar-refractivity contribution >= 4 is 10.0 Å². The summed E-state index contributed by atoms with van der Waals surface area (Å²) in [5.74, 6) is 0.652. The van der Waals surface area contributed by atoms with E-state index in [1.807, 2.05) is 6.92 Å². The molecule has 6 heteroatoms. The highest BCUT2D eigenvalue weighted by molar-refractivity contribution is 7.89. The molecule has 0 aliphatic carbocycles. The Morgan fingerprint density at radius 1 is 1.28 bits per heavy atom. The van der Waals surface area contributed by atoms with Crippen molar-refractivity contribution in [2.45, 2.75) is 18.7 Å². The molecule has 0 radical (unpaired) electrons. The summed E-state index contributed by atoms with van der Waals surface area (Å²) >= 11 is 0. The van der Waals surface area contributed by atoms with Crippen LogP contribution in [-0.4, -0.2) is 35.2 Å². The van der Waals surface area contributed by atoms with Gasteiger partial charge in [-0.1, -0.05) is 6.92 Å². The van der Waals surface area contributed by atoms with Crippen LogP contribution in [0.15, 0.2) is 23.1 Å². The van der Waals surface area contributed by atoms with Gasteiger partial charge < -0.3 is 10.1 Å². The fraction of sp³-hybridized carbons (Fsp3) is 0.500. The Labute approximate surface area is 109 Å². The van der Waals surface area contributed by atoms with Crippen LogP contribution >= 0.6 is 0 Å². The van der Waals surface area contributed by atoms with Crippen LogP contribution in [0.25, 0.3) is 0 Å². The molecule has 0 aromatic heterocycles. The van der Waals surface area contributed by atoms with Gasteiger partial charge in [0.15, 0.2) is 0 Å². The molecule has 0 unspecified atom stereocenters. The van der Waals surface area contributed by atoms with E-state index < -0.39 is 10.0 Å². The molecule has 0 aliphatic rings. The van der Waals surface area contributed by atoms with Crippen LogP contribution < -0.4 is 14.8 Å². The summed E-state index contributed by atoms with van der Waals surface area (Å²) in [6.45, 7) is 5.54. The van der Waals surface area contributed by atoms with E-state index in [2.05, 4.69) is 10.0 Å². The molecule has 0 spiro atoms. The number of likely N-dealkylation sites (N-methyl/N-ethyl adjacent to an activating group) is 1. The molecule has 0 heterocycles. The highest BCUT2D eigenvalue weighted by atomic mass is 32.2. The summed E-state index contributed by atoms with van der Waals surface area (Å²) in [7, 11) is -1.89. The van der Waals surface area contributed by atoms with E-state index in [4.69, 9.17) is 4.74 Å². The molecule has 0 saturated heterocycles. The summed E-state index contributed by atoms with van der Waals surface area (Å²) in [6.07, 6.45) is 0. The minimum absolute atomic E-state index is 0.291. The molecule has 18 heavy (non-hydrogen) atoms. The zero-order chi connectivity index (χ0) is 13.6. The van der Waals surface area contributed by atoms with Crippen molar-refractivity contribution in [2.24, 2.45) is 0 Å². The van der Waals surface area contributed by atoms with Gasteiger partial charge in [-0.25, -0.2) is 13.1 Å². The zero-order valence-electron chi connectivity index (χ0n) is 11.0. The maximum Gasteiger partial charge on any atom is 0.240 e. The number of aryl methyl sites for hydroxylation is 1. The Kier molecular flexibility index (Phi) is 5.58. The molecule has 0 fully saturated rings. The molecule has 1 aromatic rings. The molecule has 102 valence electrons. The molecule has 0 aliphatic heterocycles. The first-order valence-corrected chi connectivity index (χ1v) is 7.34. The summed E-state index contributed by atoms with van der Waals surface area (Å²) in [5, 5.41) is 3.06. The Morgan fingerprint density at radius 2 is 2.00 bits per heavy atom. The first-order chi connectivity index (χ1) is 8.51. The fourth-order valence-corrected chi connectivity index (χ4v) is 2.83. The van der Waals surface area contributed by atoms with E-state index in [1.54, 1.807) is 32.2 Å². The smallest absolute Gasteiger partial charge is 0.240 e. The van der Waals surface area contributed by atoms with E-state index in [1.165, 1.54) is 0 Å². The van der Waals surface area contributed by atoms with E-state index in [0.717, 1.165) is 6.54 Å². The monoisotopic (exact) mass is 272 g/mol. The Hall–Kier alpha value is -1.11. The van der Waals surface area contributed by atoms with Crippen molar-refractivity contribution in [1.82, 2.24) is 10.0 Å². The molecule has 0 amide bonds. The molecular formula is C12H20N2O3S. The number of ether oxygens (including phenoxy) is 1. The van der Waals surface area contributed by atoms with Crippen LogP contribution in [0.1, 0.15) is 12.5 Å². The predicted molar refractivity (Wildman–Crippen MR) is 71.5 cm³/mol. The summed E-state index contributed by atoms with van der Waals surface area (Å²) in [6, 6.07) is 4.91. The lowest BCUT2D eigenvalue weighted by molar-refractivity contribution is 0.414. The van der Waals surface area contributed by atoms with Crippen LogP contribution in [0.5, 0.6) is 5.75 Å². The quantitative estimate of drug-likeness (QED) is 0.723. The van der Waals surface area contributed by atoms with Gasteiger partial charge in [-0.15, -0.1) is 0 Å². The van der Waals surface area contributed by atoms with Gasteiger partial charge in [-0.3, -0.25) is 0 Å². The first-order valence-electron chi connectivity index (χ1n) is 5.86. The molecule has 5 nitrogen and oxygen atoms in total. The van der Waals surface area contributed by atoms with Crippen molar-refractivity contribution in [1.29, 1.82) is 0 Å². The zero-order valence-corrected chi connectivity index (χ0v) is 11.8. The van der Waals surface area contributed by atoms with Crippen molar-refractivity contribution in [3.05, 3.63) is 23.8 Å². The summed E-state index contributed by atoms with van der Waals surface area (Å²) in [4.78, 5) is 0.291. The third kappa shape index (κ3) is 3.97. The fourth-order valence-electron chi connectivity index (χ4n) is 1.58. The van der Waals surface area contributed by atoms with Gasteiger partial charge in [0.2, 0.25) is 10.0 Å². The highest BCUT2D eigenvalue weighted by Crippen LogP contribution is 2.20. The van der Waals surface area contributed by atoms with Gasteiger partial charge in [-0.2, -0.15) is 0 Å². The predicted octanol–water partition coefficient (Wildman–Crippen LogP) is 0.891. The third-order valence-corrected chi connectivity index (χ3v) is 4.14. The van der Waals surface area contributed by atoms with Crippen LogP contribution in [0.2, 0.25) is 0 Å². The molecule has 0 saturated carbocycles. The van der Waals surface area contributed by atoms with Crippen molar-refractivity contribution in [3.63, 3.8) is 0 Å². The van der Waals surface area contributed by atoms with Crippen molar-refractivity contribution < 1.29 is 13.2 Å². The van der Waals surface area contributed by atoms with Crippen LogP contribution in [0.3, 0.4) is 0 Å². The minimum Gasteiger partial charge on any atom is -0.497 e. The number of nitrogens with one attached hydrogen (secondary N) is 2. The third-order valence-electron chi connectivity index (χ3n) is 2.52. The number of benzene rings is 1.